The van der Waals surface area contributed by atoms with Gasteiger partial charge in [-0.15, -0.1) is 0 Å². The fraction of sp³-hybridized carbons (Fsp3) is 0.143. The Labute approximate surface area is 127 Å². The van der Waals surface area contributed by atoms with Crippen molar-refractivity contribution in [1.29, 1.82) is 0 Å². The Bertz CT molecular complexity index is 806. The van der Waals surface area contributed by atoms with Crippen molar-refractivity contribution >= 4 is 27.3 Å². The van der Waals surface area contributed by atoms with Crippen LogP contribution in [0.1, 0.15) is 11.1 Å². The molecule has 0 saturated heterocycles. The number of sulfonamides is 1. The van der Waals surface area contributed by atoms with Crippen molar-refractivity contribution < 1.29 is 17.9 Å². The van der Waals surface area contributed by atoms with Gasteiger partial charge in [-0.2, -0.15) is 0 Å². The molecule has 7 heteroatoms. The molecule has 0 unspecified atom stereocenters. The van der Waals surface area contributed by atoms with E-state index in [4.69, 9.17) is 11.6 Å². The first-order valence-electron chi connectivity index (χ1n) is 5.99. The Morgan fingerprint density at radius 1 is 1.14 bits per heavy atom. The first-order valence-corrected chi connectivity index (χ1v) is 7.85. The van der Waals surface area contributed by atoms with E-state index in [-0.39, 0.29) is 15.7 Å². The normalized spacial score (nSPS) is 11.4. The Hall–Kier alpha value is -1.79. The second-order valence-corrected chi connectivity index (χ2v) is 6.69. The van der Waals surface area contributed by atoms with Crippen molar-refractivity contribution in [3.05, 3.63) is 52.3 Å². The van der Waals surface area contributed by atoms with E-state index in [0.717, 1.165) is 12.1 Å². The van der Waals surface area contributed by atoms with Crippen molar-refractivity contribution in [2.24, 2.45) is 0 Å². The molecule has 0 spiro atoms. The molecule has 0 radical (unpaired) electrons. The van der Waals surface area contributed by atoms with Gasteiger partial charge in [-0.05, 0) is 55.3 Å². The van der Waals surface area contributed by atoms with Gasteiger partial charge < -0.3 is 5.11 Å². The molecule has 0 amide bonds. The molecule has 0 aromatic heterocycles. The Balaban J connectivity index is 2.47. The zero-order valence-electron chi connectivity index (χ0n) is 11.3. The number of anilines is 1. The molecule has 21 heavy (non-hydrogen) atoms. The van der Waals surface area contributed by atoms with Crippen molar-refractivity contribution in [2.75, 3.05) is 4.72 Å². The predicted molar refractivity (Wildman–Crippen MR) is 79.8 cm³/mol. The number of halogens is 2. The molecular formula is C14H13ClFNO3S. The summed E-state index contributed by atoms with van der Waals surface area (Å²) in [7, 11) is -4.02. The van der Waals surface area contributed by atoms with E-state index in [9.17, 15) is 17.9 Å². The number of rotatable bonds is 3. The first kappa shape index (κ1) is 15.6. The quantitative estimate of drug-likeness (QED) is 0.845. The van der Waals surface area contributed by atoms with Crippen LogP contribution in [0.2, 0.25) is 5.02 Å². The van der Waals surface area contributed by atoms with Crippen LogP contribution in [0.3, 0.4) is 0 Å². The van der Waals surface area contributed by atoms with Crippen molar-refractivity contribution in [3.8, 4) is 5.75 Å². The summed E-state index contributed by atoms with van der Waals surface area (Å²) >= 11 is 5.82. The van der Waals surface area contributed by atoms with E-state index in [1.807, 2.05) is 0 Å². The van der Waals surface area contributed by atoms with Gasteiger partial charge in [-0.3, -0.25) is 4.72 Å². The maximum atomic E-state index is 13.2. The van der Waals surface area contributed by atoms with Crippen LogP contribution in [0.4, 0.5) is 10.1 Å². The van der Waals surface area contributed by atoms with E-state index in [1.54, 1.807) is 13.8 Å². The standard InChI is InChI=1S/C14H13ClFNO3S/c1-8-6-13(18)9(2)5-12(8)17-21(19,20)14-7-10(16)3-4-11(14)15/h3-7,17-18H,1-2H3. The van der Waals surface area contributed by atoms with Crippen LogP contribution in [0, 0.1) is 19.7 Å². The van der Waals surface area contributed by atoms with Crippen molar-refractivity contribution in [2.45, 2.75) is 18.7 Å². The second kappa shape index (κ2) is 5.54. The maximum Gasteiger partial charge on any atom is 0.263 e. The zero-order chi connectivity index (χ0) is 15.8. The van der Waals surface area contributed by atoms with Crippen LogP contribution in [-0.4, -0.2) is 13.5 Å². The lowest BCUT2D eigenvalue weighted by molar-refractivity contribution is 0.471. The molecule has 2 rings (SSSR count). The molecule has 112 valence electrons. The number of phenols is 1. The van der Waals surface area contributed by atoms with E-state index >= 15 is 0 Å². The fourth-order valence-corrected chi connectivity index (χ4v) is 3.43. The fourth-order valence-electron chi connectivity index (χ4n) is 1.79. The highest BCUT2D eigenvalue weighted by Gasteiger charge is 2.20. The summed E-state index contributed by atoms with van der Waals surface area (Å²) < 4.78 is 40.2. The summed E-state index contributed by atoms with van der Waals surface area (Å²) in [4.78, 5) is -0.339. The number of aromatic hydroxyl groups is 1. The predicted octanol–water partition coefficient (Wildman–Crippen LogP) is 3.60. The molecule has 0 heterocycles. The SMILES string of the molecule is Cc1cc(NS(=O)(=O)c2cc(F)ccc2Cl)c(C)cc1O. The number of benzene rings is 2. The van der Waals surface area contributed by atoms with E-state index in [2.05, 4.69) is 4.72 Å². The molecule has 2 aromatic carbocycles. The smallest absolute Gasteiger partial charge is 0.263 e. The lowest BCUT2D eigenvalue weighted by Gasteiger charge is -2.13. The van der Waals surface area contributed by atoms with Gasteiger partial charge in [0.05, 0.1) is 10.7 Å². The van der Waals surface area contributed by atoms with Gasteiger partial charge in [0.2, 0.25) is 0 Å². The van der Waals surface area contributed by atoms with E-state index in [1.165, 1.54) is 18.2 Å². The Morgan fingerprint density at radius 2 is 1.81 bits per heavy atom. The molecule has 0 aliphatic carbocycles. The van der Waals surface area contributed by atoms with Crippen LogP contribution in [-0.2, 0) is 10.0 Å². The molecule has 0 saturated carbocycles. The molecule has 2 aromatic rings. The number of nitrogens with one attached hydrogen (secondary N) is 1. The van der Waals surface area contributed by atoms with Crippen LogP contribution in [0.5, 0.6) is 5.75 Å². The lowest BCUT2D eigenvalue weighted by atomic mass is 10.1. The molecule has 0 atom stereocenters. The second-order valence-electron chi connectivity index (χ2n) is 4.63. The summed E-state index contributed by atoms with van der Waals surface area (Å²) in [5.74, 6) is -0.627. The minimum atomic E-state index is -4.02. The topological polar surface area (TPSA) is 66.4 Å². The monoisotopic (exact) mass is 329 g/mol. The minimum absolute atomic E-state index is 0.0687. The largest absolute Gasteiger partial charge is 0.508 e. The van der Waals surface area contributed by atoms with E-state index in [0.29, 0.717) is 16.8 Å². The minimum Gasteiger partial charge on any atom is -0.508 e. The van der Waals surface area contributed by atoms with Gasteiger partial charge in [0, 0.05) is 0 Å². The van der Waals surface area contributed by atoms with E-state index < -0.39 is 15.8 Å². The number of hydrogen-bond donors (Lipinski definition) is 2. The maximum absolute atomic E-state index is 13.2. The summed E-state index contributed by atoms with van der Waals surface area (Å²) in [5.41, 5.74) is 1.35. The highest BCUT2D eigenvalue weighted by atomic mass is 35.5. The van der Waals surface area contributed by atoms with Gasteiger partial charge in [-0.25, -0.2) is 12.8 Å². The van der Waals surface area contributed by atoms with Gasteiger partial charge in [0.1, 0.15) is 16.5 Å². The molecular weight excluding hydrogens is 317 g/mol. The average Bonchev–Trinajstić information content (AvgIpc) is 2.38. The first-order chi connectivity index (χ1) is 9.70. The van der Waals surface area contributed by atoms with Crippen LogP contribution >= 0.6 is 11.6 Å². The van der Waals surface area contributed by atoms with Gasteiger partial charge in [0.25, 0.3) is 10.0 Å². The summed E-state index contributed by atoms with van der Waals surface area (Å²) in [6.45, 7) is 3.28. The third kappa shape index (κ3) is 3.28. The molecule has 0 bridgehead atoms. The van der Waals surface area contributed by atoms with Crippen LogP contribution in [0.25, 0.3) is 0 Å². The highest BCUT2D eigenvalue weighted by molar-refractivity contribution is 7.92. The Morgan fingerprint density at radius 3 is 2.48 bits per heavy atom. The molecule has 2 N–H and O–H groups in total. The van der Waals surface area contributed by atoms with Gasteiger partial charge >= 0.3 is 0 Å². The molecule has 0 aliphatic rings. The van der Waals surface area contributed by atoms with Crippen molar-refractivity contribution in [3.63, 3.8) is 0 Å². The average molecular weight is 330 g/mol. The van der Waals surface area contributed by atoms with Crippen LogP contribution < -0.4 is 4.72 Å². The Kier molecular flexibility index (Phi) is 4.11. The van der Waals surface area contributed by atoms with Crippen LogP contribution in [0.15, 0.2) is 35.2 Å². The van der Waals surface area contributed by atoms with Gasteiger partial charge in [-0.1, -0.05) is 11.6 Å². The highest BCUT2D eigenvalue weighted by Crippen LogP contribution is 2.29. The van der Waals surface area contributed by atoms with Crippen molar-refractivity contribution in [1.82, 2.24) is 0 Å². The summed E-state index contributed by atoms with van der Waals surface area (Å²) in [5, 5.41) is 9.50. The number of phenolic OH excluding ortho intramolecular Hbond substituents is 1. The molecule has 0 aliphatic heterocycles. The third-order valence-electron chi connectivity index (χ3n) is 2.97. The van der Waals surface area contributed by atoms with Gasteiger partial charge in [0.15, 0.2) is 0 Å². The number of hydrogen-bond acceptors (Lipinski definition) is 3. The summed E-state index contributed by atoms with van der Waals surface area (Å²) in [6, 6.07) is 6.06. The number of aryl methyl sites for hydroxylation is 2. The summed E-state index contributed by atoms with van der Waals surface area (Å²) in [6.07, 6.45) is 0. The molecule has 4 nitrogen and oxygen atoms in total. The lowest BCUT2D eigenvalue weighted by Crippen LogP contribution is -2.14. The third-order valence-corrected chi connectivity index (χ3v) is 4.82. The molecule has 0 fully saturated rings. The zero-order valence-corrected chi connectivity index (χ0v) is 12.9.